The maximum absolute atomic E-state index is 11.0. The number of hydrogen-bond acceptors (Lipinski definition) is 4. The van der Waals surface area contributed by atoms with Crippen LogP contribution in [-0.2, 0) is 9.47 Å². The molecule has 3 fully saturated rings. The normalized spacial score (nSPS) is 26.1. The molecule has 3 heterocycles. The lowest BCUT2D eigenvalue weighted by Gasteiger charge is -2.22. The molecule has 3 rings (SSSR count). The molecule has 0 spiro atoms. The van der Waals surface area contributed by atoms with E-state index in [0.717, 1.165) is 18.5 Å². The lowest BCUT2D eigenvalue weighted by molar-refractivity contribution is 0.120. The van der Waals surface area contributed by atoms with Crippen molar-refractivity contribution in [3.63, 3.8) is 0 Å². The van der Waals surface area contributed by atoms with Crippen LogP contribution in [-0.4, -0.2) is 36.3 Å². The van der Waals surface area contributed by atoms with E-state index in [-0.39, 0.29) is 12.2 Å². The molecule has 0 aromatic rings. The van der Waals surface area contributed by atoms with Crippen LogP contribution in [0, 0.1) is 5.92 Å². The van der Waals surface area contributed by atoms with Crippen molar-refractivity contribution in [3.8, 4) is 0 Å². The molecule has 0 radical (unpaired) electrons. The van der Waals surface area contributed by atoms with Gasteiger partial charge in [0.25, 0.3) is 0 Å². The maximum atomic E-state index is 11.0. The summed E-state index contributed by atoms with van der Waals surface area (Å²) in [5.74, 6) is 0.314. The average Bonchev–Trinajstić information content (AvgIpc) is 3.23. The molecule has 0 saturated carbocycles. The first-order valence-corrected chi connectivity index (χ1v) is 10.4. The summed E-state index contributed by atoms with van der Waals surface area (Å²) >= 11 is 0. The molecule has 2 atom stereocenters. The van der Waals surface area contributed by atoms with Crippen LogP contribution in [0.25, 0.3) is 0 Å². The van der Waals surface area contributed by atoms with Crippen molar-refractivity contribution in [2.45, 2.75) is 78.2 Å². The van der Waals surface area contributed by atoms with Gasteiger partial charge < -0.3 is 9.47 Å². The summed E-state index contributed by atoms with van der Waals surface area (Å²) in [7, 11) is 0. The van der Waals surface area contributed by atoms with Crippen LogP contribution in [0.4, 0.5) is 9.59 Å². The minimum Gasteiger partial charge on any atom is -0.449 e. The van der Waals surface area contributed by atoms with Gasteiger partial charge in [-0.25, -0.2) is 9.59 Å². The number of nitrogens with one attached hydrogen (secondary N) is 1. The van der Waals surface area contributed by atoms with Crippen molar-refractivity contribution >= 4 is 12.2 Å². The molecular formula is C21H34N2O4. The van der Waals surface area contributed by atoms with Crippen molar-refractivity contribution in [1.82, 2.24) is 10.2 Å². The number of carbonyl (C=O) groups excluding carboxylic acids is 2. The third kappa shape index (κ3) is 6.60. The van der Waals surface area contributed by atoms with Crippen molar-refractivity contribution in [3.05, 3.63) is 23.5 Å². The number of carbonyl (C=O) groups is 2. The van der Waals surface area contributed by atoms with Crippen LogP contribution in [0.3, 0.4) is 0 Å². The first kappa shape index (κ1) is 21.3. The molecule has 0 aliphatic carbocycles. The Morgan fingerprint density at radius 1 is 1.00 bits per heavy atom. The van der Waals surface area contributed by atoms with Crippen LogP contribution in [0.15, 0.2) is 23.5 Å². The van der Waals surface area contributed by atoms with Crippen molar-refractivity contribution in [2.24, 2.45) is 5.92 Å². The highest BCUT2D eigenvalue weighted by Gasteiger charge is 2.52. The Balaban J connectivity index is 0.000000194. The second-order valence-corrected chi connectivity index (χ2v) is 7.37. The van der Waals surface area contributed by atoms with E-state index in [0.29, 0.717) is 25.2 Å². The summed E-state index contributed by atoms with van der Waals surface area (Å²) in [6.45, 7) is 7.51. The molecule has 1 N–H and O–H groups in total. The largest absolute Gasteiger partial charge is 0.449 e. The van der Waals surface area contributed by atoms with E-state index in [1.807, 2.05) is 0 Å². The van der Waals surface area contributed by atoms with Gasteiger partial charge in [0.1, 0.15) is 19.3 Å². The molecule has 3 aliphatic rings. The Labute approximate surface area is 163 Å². The summed E-state index contributed by atoms with van der Waals surface area (Å²) < 4.78 is 9.68. The fraction of sp³-hybridized carbons (Fsp3) is 0.714. The van der Waals surface area contributed by atoms with Crippen LogP contribution < -0.4 is 5.32 Å². The van der Waals surface area contributed by atoms with Crippen LogP contribution >= 0.6 is 0 Å². The lowest BCUT2D eigenvalue weighted by Crippen LogP contribution is -2.35. The fourth-order valence-electron chi connectivity index (χ4n) is 3.22. The monoisotopic (exact) mass is 378 g/mol. The number of alkyl carbamates (subject to hydrolysis) is 1. The number of rotatable bonds is 8. The highest BCUT2D eigenvalue weighted by atomic mass is 16.6. The molecule has 6 heteroatoms. The van der Waals surface area contributed by atoms with E-state index < -0.39 is 0 Å². The number of ether oxygens (including phenoxy) is 2. The Bertz CT molecular complexity index is 571. The molecule has 0 aromatic carbocycles. The van der Waals surface area contributed by atoms with Gasteiger partial charge in [-0.05, 0) is 25.7 Å². The number of allylic oxidation sites excluding steroid dienone is 2. The molecule has 0 aromatic heterocycles. The van der Waals surface area contributed by atoms with E-state index in [4.69, 9.17) is 9.47 Å². The summed E-state index contributed by atoms with van der Waals surface area (Å²) in [5, 5.41) is 2.74. The quantitative estimate of drug-likeness (QED) is 0.471. The standard InChI is InChI=1S/C11H19NO2.C10H15NO2/c1-3-4-5-6-7-10-9(2)8-14-11(13)12-10;1-2-3-4-5-6-8-9-7-13-10(12)11(8)9/h7,9H,3-6,8H2,1-2H3,(H,12,13);6,9H,2-5,7H2,1H3/b10-7-;8-6+. The third-order valence-corrected chi connectivity index (χ3v) is 5.00. The van der Waals surface area contributed by atoms with Gasteiger partial charge in [-0.2, -0.15) is 0 Å². The predicted octanol–water partition coefficient (Wildman–Crippen LogP) is 5.11. The Morgan fingerprint density at radius 2 is 1.67 bits per heavy atom. The zero-order valence-corrected chi connectivity index (χ0v) is 17.0. The highest BCUT2D eigenvalue weighted by Crippen LogP contribution is 2.39. The molecule has 3 saturated heterocycles. The molecule has 27 heavy (non-hydrogen) atoms. The second kappa shape index (κ2) is 11.0. The number of cyclic esters (lactones) is 2. The predicted molar refractivity (Wildman–Crippen MR) is 105 cm³/mol. The topological polar surface area (TPSA) is 67.6 Å². The highest BCUT2D eigenvalue weighted by molar-refractivity contribution is 5.79. The van der Waals surface area contributed by atoms with Crippen LogP contribution in [0.2, 0.25) is 0 Å². The van der Waals surface area contributed by atoms with E-state index in [9.17, 15) is 9.59 Å². The third-order valence-electron chi connectivity index (χ3n) is 5.00. The molecule has 0 bridgehead atoms. The summed E-state index contributed by atoms with van der Waals surface area (Å²) in [5.41, 5.74) is 2.21. The average molecular weight is 379 g/mol. The zero-order chi connectivity index (χ0) is 19.6. The zero-order valence-electron chi connectivity index (χ0n) is 17.0. The molecule has 2 unspecified atom stereocenters. The van der Waals surface area contributed by atoms with Crippen LogP contribution in [0.5, 0.6) is 0 Å². The lowest BCUT2D eigenvalue weighted by atomic mass is 10.1. The van der Waals surface area contributed by atoms with Gasteiger partial charge in [-0.1, -0.05) is 58.6 Å². The molecule has 6 nitrogen and oxygen atoms in total. The summed E-state index contributed by atoms with van der Waals surface area (Å²) in [4.78, 5) is 23.7. The number of amides is 2. The van der Waals surface area contributed by atoms with Crippen molar-refractivity contribution in [1.29, 1.82) is 0 Å². The van der Waals surface area contributed by atoms with Gasteiger partial charge in [0.05, 0.1) is 0 Å². The van der Waals surface area contributed by atoms with Gasteiger partial charge in [0.15, 0.2) is 0 Å². The maximum Gasteiger partial charge on any atom is 0.414 e. The Kier molecular flexibility index (Phi) is 8.69. The summed E-state index contributed by atoms with van der Waals surface area (Å²) in [6, 6.07) is 0.300. The minimum absolute atomic E-state index is 0.160. The Hall–Kier alpha value is -1.98. The van der Waals surface area contributed by atoms with Gasteiger partial charge in [0.2, 0.25) is 0 Å². The van der Waals surface area contributed by atoms with E-state index in [1.165, 1.54) is 44.2 Å². The first-order valence-electron chi connectivity index (χ1n) is 10.4. The van der Waals surface area contributed by atoms with Gasteiger partial charge in [0, 0.05) is 17.3 Å². The van der Waals surface area contributed by atoms with Crippen LogP contribution in [0.1, 0.15) is 72.1 Å². The van der Waals surface area contributed by atoms with Crippen molar-refractivity contribution in [2.75, 3.05) is 13.2 Å². The number of fused-ring (bicyclic) bond motifs is 1. The van der Waals surface area contributed by atoms with Gasteiger partial charge >= 0.3 is 12.2 Å². The molecule has 3 aliphatic heterocycles. The molecule has 152 valence electrons. The fourth-order valence-corrected chi connectivity index (χ4v) is 3.22. The van der Waals surface area contributed by atoms with E-state index in [2.05, 4.69) is 38.2 Å². The second-order valence-electron chi connectivity index (χ2n) is 7.37. The first-order chi connectivity index (χ1) is 13.1. The van der Waals surface area contributed by atoms with E-state index in [1.54, 1.807) is 4.90 Å². The van der Waals surface area contributed by atoms with Gasteiger partial charge in [-0.3, -0.25) is 10.2 Å². The minimum atomic E-state index is -0.315. The smallest absolute Gasteiger partial charge is 0.414 e. The van der Waals surface area contributed by atoms with Gasteiger partial charge in [-0.15, -0.1) is 0 Å². The number of nitrogens with zero attached hydrogens (tertiary/aromatic N) is 1. The Morgan fingerprint density at radius 3 is 2.26 bits per heavy atom. The van der Waals surface area contributed by atoms with Crippen molar-refractivity contribution < 1.29 is 19.1 Å². The number of unbranched alkanes of at least 4 members (excludes halogenated alkanes) is 6. The summed E-state index contributed by atoms with van der Waals surface area (Å²) in [6.07, 6.45) is 13.4. The number of hydrogen-bond donors (Lipinski definition) is 1. The molecular weight excluding hydrogens is 344 g/mol. The van der Waals surface area contributed by atoms with E-state index >= 15 is 0 Å². The SMILES string of the molecule is CCCCC/C=C1\C2COC(=O)N12.CCCCC/C=C1\NC(=O)OCC1C. The molecule has 2 amide bonds.